The van der Waals surface area contributed by atoms with E-state index in [-0.39, 0.29) is 10.9 Å². The summed E-state index contributed by atoms with van der Waals surface area (Å²) in [6.45, 7) is 3.00. The predicted molar refractivity (Wildman–Crippen MR) is 94.6 cm³/mol. The van der Waals surface area contributed by atoms with E-state index < -0.39 is 10.0 Å². The molecule has 1 unspecified atom stereocenters. The molecular formula is C19H20N2O3S. The lowest BCUT2D eigenvalue weighted by Crippen LogP contribution is -2.30. The second-order valence-corrected chi connectivity index (χ2v) is 7.81. The van der Waals surface area contributed by atoms with Crippen LogP contribution in [0.4, 0.5) is 0 Å². The largest absolute Gasteiger partial charge is 0.494 e. The molecule has 6 heteroatoms. The monoisotopic (exact) mass is 356 g/mol. The molecule has 1 atom stereocenters. The molecule has 25 heavy (non-hydrogen) atoms. The summed E-state index contributed by atoms with van der Waals surface area (Å²) < 4.78 is 33.1. The standard InChI is InChI=1S/C19H20N2O3S/c1-2-24-17-10-8-16(9-11-17)19-7-4-12-21(19)25(22,23)18-6-3-5-15(13-18)14-20/h3,5-6,8-11,13,19H,2,4,7,12H2,1H3. The van der Waals surface area contributed by atoms with Crippen LogP contribution < -0.4 is 4.74 Å². The van der Waals surface area contributed by atoms with Gasteiger partial charge in [-0.15, -0.1) is 0 Å². The number of nitrogens with zero attached hydrogens (tertiary/aromatic N) is 2. The van der Waals surface area contributed by atoms with Gasteiger partial charge in [-0.1, -0.05) is 18.2 Å². The van der Waals surface area contributed by atoms with E-state index in [0.717, 1.165) is 24.2 Å². The zero-order chi connectivity index (χ0) is 17.9. The van der Waals surface area contributed by atoms with Gasteiger partial charge >= 0.3 is 0 Å². The van der Waals surface area contributed by atoms with Crippen LogP contribution in [-0.2, 0) is 10.0 Å². The van der Waals surface area contributed by atoms with Gasteiger partial charge < -0.3 is 4.74 Å². The maximum atomic E-state index is 13.0. The van der Waals surface area contributed by atoms with E-state index >= 15 is 0 Å². The summed E-state index contributed by atoms with van der Waals surface area (Å²) in [7, 11) is -3.64. The van der Waals surface area contributed by atoms with Crippen molar-refractivity contribution in [3.8, 4) is 11.8 Å². The third-order valence-corrected chi connectivity index (χ3v) is 6.25. The lowest BCUT2D eigenvalue weighted by Gasteiger charge is -2.24. The van der Waals surface area contributed by atoms with E-state index in [1.165, 1.54) is 6.07 Å². The highest BCUT2D eigenvalue weighted by Gasteiger charge is 2.36. The number of rotatable bonds is 5. The first-order valence-corrected chi connectivity index (χ1v) is 9.75. The number of hydrogen-bond acceptors (Lipinski definition) is 4. The summed E-state index contributed by atoms with van der Waals surface area (Å²) in [5, 5.41) is 9.02. The molecule has 1 aliphatic heterocycles. The SMILES string of the molecule is CCOc1ccc(C2CCCN2S(=O)(=O)c2cccc(C#N)c2)cc1. The van der Waals surface area contributed by atoms with E-state index in [1.807, 2.05) is 37.3 Å². The highest BCUT2D eigenvalue weighted by molar-refractivity contribution is 7.89. The number of nitriles is 1. The van der Waals surface area contributed by atoms with Gasteiger partial charge in [-0.05, 0) is 55.7 Å². The van der Waals surface area contributed by atoms with Crippen LogP contribution in [0.3, 0.4) is 0 Å². The van der Waals surface area contributed by atoms with Gasteiger partial charge in [-0.3, -0.25) is 0 Å². The number of ether oxygens (including phenoxy) is 1. The van der Waals surface area contributed by atoms with Gasteiger partial charge in [0.05, 0.1) is 29.2 Å². The second-order valence-electron chi connectivity index (χ2n) is 5.92. The van der Waals surface area contributed by atoms with Gasteiger partial charge in [0.2, 0.25) is 10.0 Å². The predicted octanol–water partition coefficient (Wildman–Crippen LogP) is 3.48. The molecule has 0 amide bonds. The van der Waals surface area contributed by atoms with E-state index in [4.69, 9.17) is 10.00 Å². The van der Waals surface area contributed by atoms with Gasteiger partial charge in [-0.25, -0.2) is 8.42 Å². The molecule has 2 aromatic rings. The summed E-state index contributed by atoms with van der Waals surface area (Å²) in [5.41, 5.74) is 1.30. The number of sulfonamides is 1. The Hall–Kier alpha value is -2.36. The molecule has 0 bridgehead atoms. The van der Waals surface area contributed by atoms with Gasteiger partial charge in [0.1, 0.15) is 5.75 Å². The fourth-order valence-electron chi connectivity index (χ4n) is 3.18. The van der Waals surface area contributed by atoms with Gasteiger partial charge in [-0.2, -0.15) is 9.57 Å². The van der Waals surface area contributed by atoms with Crippen LogP contribution in [-0.4, -0.2) is 25.9 Å². The number of benzene rings is 2. The van der Waals surface area contributed by atoms with E-state index in [2.05, 4.69) is 0 Å². The lowest BCUT2D eigenvalue weighted by atomic mass is 10.1. The van der Waals surface area contributed by atoms with Crippen molar-refractivity contribution in [2.75, 3.05) is 13.2 Å². The molecule has 2 aromatic carbocycles. The Morgan fingerprint density at radius 1 is 1.24 bits per heavy atom. The first-order chi connectivity index (χ1) is 12.1. The average molecular weight is 356 g/mol. The molecule has 0 aliphatic carbocycles. The maximum absolute atomic E-state index is 13.0. The van der Waals surface area contributed by atoms with Crippen LogP contribution in [0.2, 0.25) is 0 Å². The van der Waals surface area contributed by atoms with E-state index in [0.29, 0.717) is 18.7 Å². The first-order valence-electron chi connectivity index (χ1n) is 8.31. The fourth-order valence-corrected chi connectivity index (χ4v) is 4.90. The average Bonchev–Trinajstić information content (AvgIpc) is 3.13. The lowest BCUT2D eigenvalue weighted by molar-refractivity contribution is 0.339. The summed E-state index contributed by atoms with van der Waals surface area (Å²) in [4.78, 5) is 0.171. The van der Waals surface area contributed by atoms with Crippen molar-refractivity contribution in [3.05, 3.63) is 59.7 Å². The molecule has 5 nitrogen and oxygen atoms in total. The zero-order valence-electron chi connectivity index (χ0n) is 14.1. The minimum absolute atomic E-state index is 0.171. The highest BCUT2D eigenvalue weighted by atomic mass is 32.2. The molecule has 3 rings (SSSR count). The molecule has 130 valence electrons. The van der Waals surface area contributed by atoms with Crippen molar-refractivity contribution < 1.29 is 13.2 Å². The molecule has 1 fully saturated rings. The molecule has 0 aromatic heterocycles. The van der Waals surface area contributed by atoms with Crippen molar-refractivity contribution in [2.45, 2.75) is 30.7 Å². The van der Waals surface area contributed by atoms with E-state index in [1.54, 1.807) is 22.5 Å². The maximum Gasteiger partial charge on any atom is 0.243 e. The van der Waals surface area contributed by atoms with Crippen molar-refractivity contribution in [1.29, 1.82) is 5.26 Å². The third-order valence-electron chi connectivity index (χ3n) is 4.35. The molecule has 0 radical (unpaired) electrons. The van der Waals surface area contributed by atoms with E-state index in [9.17, 15) is 8.42 Å². The van der Waals surface area contributed by atoms with Crippen LogP contribution in [0.15, 0.2) is 53.4 Å². The van der Waals surface area contributed by atoms with Crippen molar-refractivity contribution in [1.82, 2.24) is 4.31 Å². The van der Waals surface area contributed by atoms with Crippen LogP contribution in [0.25, 0.3) is 0 Å². The van der Waals surface area contributed by atoms with Gasteiger partial charge in [0, 0.05) is 6.54 Å². The van der Waals surface area contributed by atoms with Crippen LogP contribution >= 0.6 is 0 Å². The highest BCUT2D eigenvalue weighted by Crippen LogP contribution is 2.37. The third kappa shape index (κ3) is 3.53. The topological polar surface area (TPSA) is 70.4 Å². The minimum Gasteiger partial charge on any atom is -0.494 e. The van der Waals surface area contributed by atoms with Gasteiger partial charge in [0.15, 0.2) is 0 Å². The van der Waals surface area contributed by atoms with Crippen molar-refractivity contribution in [3.63, 3.8) is 0 Å². The summed E-state index contributed by atoms with van der Waals surface area (Å²) in [5.74, 6) is 0.778. The Labute approximate surface area is 148 Å². The Kier molecular flexibility index (Phi) is 5.07. The fraction of sp³-hybridized carbons (Fsp3) is 0.316. The Bertz CT molecular complexity index is 886. The minimum atomic E-state index is -3.64. The van der Waals surface area contributed by atoms with Crippen LogP contribution in [0, 0.1) is 11.3 Å². The Morgan fingerprint density at radius 2 is 2.00 bits per heavy atom. The zero-order valence-corrected chi connectivity index (χ0v) is 14.9. The molecule has 0 saturated carbocycles. The van der Waals surface area contributed by atoms with Gasteiger partial charge in [0.25, 0.3) is 0 Å². The van der Waals surface area contributed by atoms with Crippen LogP contribution in [0.5, 0.6) is 5.75 Å². The molecule has 1 aliphatic rings. The Morgan fingerprint density at radius 3 is 2.68 bits per heavy atom. The summed E-state index contributed by atoms with van der Waals surface area (Å²) in [6.07, 6.45) is 1.60. The second kappa shape index (κ2) is 7.26. The summed E-state index contributed by atoms with van der Waals surface area (Å²) >= 11 is 0. The molecule has 0 spiro atoms. The van der Waals surface area contributed by atoms with Crippen molar-refractivity contribution >= 4 is 10.0 Å². The molecule has 1 heterocycles. The molecular weight excluding hydrogens is 336 g/mol. The molecule has 0 N–H and O–H groups in total. The quantitative estimate of drug-likeness (QED) is 0.822. The molecule has 1 saturated heterocycles. The summed E-state index contributed by atoms with van der Waals surface area (Å²) in [6, 6.07) is 15.6. The normalized spacial score (nSPS) is 18.0. The van der Waals surface area contributed by atoms with Crippen molar-refractivity contribution in [2.24, 2.45) is 0 Å². The number of hydrogen-bond donors (Lipinski definition) is 0. The first kappa shape index (κ1) is 17.5. The van der Waals surface area contributed by atoms with Crippen LogP contribution in [0.1, 0.15) is 36.9 Å². The Balaban J connectivity index is 1.91. The smallest absolute Gasteiger partial charge is 0.243 e.